The van der Waals surface area contributed by atoms with Crippen LogP contribution >= 0.6 is 0 Å². The molecule has 2 aromatic rings. The van der Waals surface area contributed by atoms with Crippen molar-refractivity contribution in [2.45, 2.75) is 50.1 Å². The molecule has 1 N–H and O–H groups in total. The first-order valence-corrected chi connectivity index (χ1v) is 7.43. The normalized spacial score (nSPS) is 43.7. The number of fused-ring (bicyclic) bond motifs is 3. The summed E-state index contributed by atoms with van der Waals surface area (Å²) in [5, 5.41) is 5.35. The number of hydrogen-bond donors (Lipinski definition) is 1. The largest absolute Gasteiger partial charge is 0.348 e. The SMILES string of the molecule is [2H]c1c([2H])c([2H])c2c(c(C(=O)NC3([2H])C([2H])([2H])[C@H]4CCC[C@@H](N4C)C3([2H])[2H])nn2C([2H])([2H])[2H])c1[2H]. The first-order valence-electron chi connectivity index (χ1n) is 13.4. The number of nitrogens with one attached hydrogen (secondary N) is 1. The first kappa shape index (κ1) is 6.55. The molecule has 0 aliphatic carbocycles. The van der Waals surface area contributed by atoms with Crippen LogP contribution in [0.15, 0.2) is 24.2 Å². The monoisotopic (exact) mass is 324 g/mol. The van der Waals surface area contributed by atoms with Crippen LogP contribution in [-0.2, 0) is 6.98 Å². The van der Waals surface area contributed by atoms with E-state index in [0.29, 0.717) is 23.9 Å². The van der Waals surface area contributed by atoms with Gasteiger partial charge in [0.05, 0.1) is 12.4 Å². The van der Waals surface area contributed by atoms with Crippen molar-refractivity contribution in [2.24, 2.45) is 6.98 Å². The Hall–Kier alpha value is -1.88. The van der Waals surface area contributed by atoms with Crippen LogP contribution in [0.3, 0.4) is 0 Å². The first-order chi connectivity index (χ1) is 15.9. The molecule has 1 aromatic carbocycles. The van der Waals surface area contributed by atoms with Crippen LogP contribution in [0.4, 0.5) is 0 Å². The number of carbonyl (C=O) groups excluding carboxylic acids is 1. The van der Waals surface area contributed by atoms with Crippen molar-refractivity contribution in [3.05, 3.63) is 29.9 Å². The van der Waals surface area contributed by atoms with Gasteiger partial charge in [0.15, 0.2) is 5.69 Å². The molecule has 0 radical (unpaired) electrons. The molecule has 1 amide bonds. The summed E-state index contributed by atoms with van der Waals surface area (Å²) in [6.07, 6.45) is -3.90. The smallest absolute Gasteiger partial charge is 0.272 e. The topological polar surface area (TPSA) is 50.2 Å². The molecule has 122 valence electrons. The third kappa shape index (κ3) is 2.53. The highest BCUT2D eigenvalue weighted by molar-refractivity contribution is 6.04. The third-order valence-corrected chi connectivity index (χ3v) is 4.33. The van der Waals surface area contributed by atoms with E-state index in [0.717, 1.165) is 0 Å². The number of aromatic nitrogens is 2. The molecular formula is C18H24N4O. The van der Waals surface area contributed by atoms with Gasteiger partial charge in [-0.05, 0) is 38.7 Å². The lowest BCUT2D eigenvalue weighted by Gasteiger charge is -2.47. The fourth-order valence-corrected chi connectivity index (χ4v) is 3.09. The molecule has 1 aromatic heterocycles. The van der Waals surface area contributed by atoms with Gasteiger partial charge in [0.25, 0.3) is 5.91 Å². The van der Waals surface area contributed by atoms with Crippen LogP contribution in [0.2, 0.25) is 0 Å². The highest BCUT2D eigenvalue weighted by Gasteiger charge is 2.36. The lowest BCUT2D eigenvalue weighted by atomic mass is 9.82. The van der Waals surface area contributed by atoms with E-state index in [1.54, 1.807) is 11.9 Å². The summed E-state index contributed by atoms with van der Waals surface area (Å²) in [6.45, 7) is -3.03. The Balaban J connectivity index is 1.91. The van der Waals surface area contributed by atoms with Gasteiger partial charge >= 0.3 is 0 Å². The summed E-state index contributed by atoms with van der Waals surface area (Å²) < 4.78 is 99.1. The molecule has 0 saturated carbocycles. The highest BCUT2D eigenvalue weighted by Crippen LogP contribution is 2.32. The van der Waals surface area contributed by atoms with Crippen LogP contribution < -0.4 is 5.32 Å². The summed E-state index contributed by atoms with van der Waals surface area (Å²) in [6, 6.07) is -7.46. The fraction of sp³-hybridized carbons (Fsp3) is 0.556. The molecule has 0 spiro atoms. The Labute approximate surface area is 153 Å². The minimum absolute atomic E-state index is 0.318. The van der Waals surface area contributed by atoms with Crippen molar-refractivity contribution in [3.63, 3.8) is 0 Å². The Morgan fingerprint density at radius 3 is 2.91 bits per heavy atom. The Morgan fingerprint density at radius 1 is 1.43 bits per heavy atom. The van der Waals surface area contributed by atoms with E-state index >= 15 is 0 Å². The predicted octanol–water partition coefficient (Wildman–Crippen LogP) is 2.32. The molecular weight excluding hydrogens is 288 g/mol. The molecule has 2 atom stereocenters. The van der Waals surface area contributed by atoms with Crippen LogP contribution in [0.5, 0.6) is 0 Å². The van der Waals surface area contributed by atoms with Crippen molar-refractivity contribution in [1.82, 2.24) is 20.0 Å². The molecule has 0 unspecified atom stereocenters. The van der Waals surface area contributed by atoms with Gasteiger partial charge in [-0.2, -0.15) is 5.10 Å². The van der Waals surface area contributed by atoms with E-state index in [4.69, 9.17) is 16.4 Å². The van der Waals surface area contributed by atoms with Gasteiger partial charge in [-0.25, -0.2) is 0 Å². The summed E-state index contributed by atoms with van der Waals surface area (Å²) >= 11 is 0. The number of benzene rings is 1. The Kier molecular flexibility index (Phi) is 1.61. The van der Waals surface area contributed by atoms with Gasteiger partial charge in [-0.15, -0.1) is 0 Å². The number of amides is 1. The van der Waals surface area contributed by atoms with Gasteiger partial charge in [0.2, 0.25) is 0 Å². The molecule has 2 aliphatic rings. The summed E-state index contributed by atoms with van der Waals surface area (Å²) in [7, 11) is 1.58. The number of carbonyl (C=O) groups is 1. The highest BCUT2D eigenvalue weighted by atomic mass is 16.2. The number of nitrogens with zero attached hydrogens (tertiary/aromatic N) is 3. The number of hydrogen-bond acceptors (Lipinski definition) is 3. The van der Waals surface area contributed by atoms with Gasteiger partial charge in [-0.1, -0.05) is 24.5 Å². The molecule has 3 heterocycles. The second-order valence-corrected chi connectivity index (χ2v) is 5.73. The van der Waals surface area contributed by atoms with Crippen molar-refractivity contribution in [1.29, 1.82) is 0 Å². The average molecular weight is 324 g/mol. The van der Waals surface area contributed by atoms with Crippen LogP contribution in [0.1, 0.15) is 58.9 Å². The maximum Gasteiger partial charge on any atom is 0.272 e. The minimum atomic E-state index is -3.03. The van der Waals surface area contributed by atoms with Crippen LogP contribution in [-0.4, -0.2) is 45.7 Å². The second kappa shape index (κ2) is 5.64. The van der Waals surface area contributed by atoms with Crippen LogP contribution in [0.25, 0.3) is 10.9 Å². The van der Waals surface area contributed by atoms with E-state index in [-0.39, 0.29) is 0 Å². The second-order valence-electron chi connectivity index (χ2n) is 5.73. The maximum absolute atomic E-state index is 13.4. The summed E-state index contributed by atoms with van der Waals surface area (Å²) in [5.74, 6) is -1.31. The number of aryl methyl sites for hydroxylation is 1. The maximum atomic E-state index is 13.4. The average Bonchev–Trinajstić information content (AvgIpc) is 3.16. The summed E-state index contributed by atoms with van der Waals surface area (Å²) in [4.78, 5) is 15.0. The lowest BCUT2D eigenvalue weighted by Crippen LogP contribution is -2.55. The minimum Gasteiger partial charge on any atom is -0.348 e. The molecule has 2 fully saturated rings. The van der Waals surface area contributed by atoms with Crippen molar-refractivity contribution < 1.29 is 21.2 Å². The summed E-state index contributed by atoms with van der Waals surface area (Å²) in [5.41, 5.74) is -1.31. The molecule has 23 heavy (non-hydrogen) atoms. The quantitative estimate of drug-likeness (QED) is 0.922. The number of para-hydroxylation sites is 1. The van der Waals surface area contributed by atoms with Gasteiger partial charge in [-0.3, -0.25) is 9.48 Å². The van der Waals surface area contributed by atoms with Crippen molar-refractivity contribution >= 4 is 16.8 Å². The van der Waals surface area contributed by atoms with E-state index < -0.39 is 84.5 Å². The van der Waals surface area contributed by atoms with Gasteiger partial charge in [0, 0.05) is 40.1 Å². The molecule has 5 nitrogen and oxygen atoms in total. The molecule has 2 bridgehead atoms. The van der Waals surface area contributed by atoms with Crippen molar-refractivity contribution in [3.8, 4) is 0 Å². The zero-order chi connectivity index (χ0) is 26.5. The molecule has 4 rings (SSSR count). The third-order valence-electron chi connectivity index (χ3n) is 4.33. The fourth-order valence-electron chi connectivity index (χ4n) is 3.09. The van der Waals surface area contributed by atoms with E-state index in [1.807, 2.05) is 0 Å². The number of rotatable bonds is 2. The Bertz CT molecular complexity index is 1200. The molecule has 2 aliphatic heterocycles. The Morgan fingerprint density at radius 2 is 2.17 bits per heavy atom. The standard InChI is InChI=1S/C18H24N4O/c1-21-13-6-5-7-14(21)11-12(10-13)19-18(23)17-15-8-3-4-9-16(15)22(2)20-17/h3-4,8-9,12-14H,5-7,10-11H2,1-2H3,(H,19,23)/t13-,14-/m1/s1/i2D3,3D,4D,8D,9D,10D2,11D2,12D. The van der Waals surface area contributed by atoms with E-state index in [1.165, 1.54) is 0 Å². The van der Waals surface area contributed by atoms with E-state index in [2.05, 4.69) is 10.4 Å². The lowest BCUT2D eigenvalue weighted by molar-refractivity contribution is 0.0462. The van der Waals surface area contributed by atoms with Crippen LogP contribution in [0, 0.1) is 0 Å². The predicted molar refractivity (Wildman–Crippen MR) is 90.4 cm³/mol. The zero-order valence-corrected chi connectivity index (χ0v) is 12.5. The van der Waals surface area contributed by atoms with Crippen molar-refractivity contribution in [2.75, 3.05) is 7.05 Å². The van der Waals surface area contributed by atoms with E-state index in [9.17, 15) is 4.79 Å². The zero-order valence-electron chi connectivity index (χ0n) is 24.5. The number of piperidine rings is 2. The molecule has 2 saturated heterocycles. The molecule has 5 heteroatoms. The van der Waals surface area contributed by atoms with Gasteiger partial charge < -0.3 is 10.2 Å². The van der Waals surface area contributed by atoms with Gasteiger partial charge in [0.1, 0.15) is 0 Å².